The lowest BCUT2D eigenvalue weighted by atomic mass is 10.1. The summed E-state index contributed by atoms with van der Waals surface area (Å²) in [4.78, 5) is 18.7. The minimum absolute atomic E-state index is 0.0349. The lowest BCUT2D eigenvalue weighted by molar-refractivity contribution is -0.384. The van der Waals surface area contributed by atoms with Gasteiger partial charge in [-0.05, 0) is 48.9 Å². The Morgan fingerprint density at radius 3 is 2.16 bits per heavy atom. The van der Waals surface area contributed by atoms with E-state index in [4.69, 9.17) is 25.7 Å². The van der Waals surface area contributed by atoms with Gasteiger partial charge in [0, 0.05) is 43.3 Å². The topological polar surface area (TPSA) is 186 Å². The van der Waals surface area contributed by atoms with Crippen LogP contribution < -0.4 is 30.0 Å². The number of nitro groups is 1. The summed E-state index contributed by atoms with van der Waals surface area (Å²) < 4.78 is 45.7. The molecule has 43 heavy (non-hydrogen) atoms. The molecule has 4 aromatic rings. The minimum atomic E-state index is -3.99. The zero-order chi connectivity index (χ0) is 31.1. The first-order valence-electron chi connectivity index (χ1n) is 13.1. The zero-order valence-electron chi connectivity index (χ0n) is 23.9. The van der Waals surface area contributed by atoms with Crippen LogP contribution in [0.25, 0.3) is 0 Å². The molecule has 14 heteroatoms. The van der Waals surface area contributed by atoms with E-state index in [1.807, 2.05) is 6.92 Å². The van der Waals surface area contributed by atoms with Crippen LogP contribution in [0.2, 0.25) is 0 Å². The maximum absolute atomic E-state index is 13.6. The van der Waals surface area contributed by atoms with Crippen molar-refractivity contribution >= 4 is 33.2 Å². The number of sulfonamides is 1. The Bertz CT molecular complexity index is 1670. The molecule has 0 fully saturated rings. The van der Waals surface area contributed by atoms with Gasteiger partial charge in [0.1, 0.15) is 5.82 Å². The SMILES string of the molecule is COc1cc(Cc2cnc(N)nc2N)cc(OC)c1OCCCN(c1ccc([N+](=O)[O-])cc1)S(=O)(=O)c1ccc(C)cc1. The predicted octanol–water partition coefficient (Wildman–Crippen LogP) is 4.13. The van der Waals surface area contributed by atoms with Crippen molar-refractivity contribution in [3.63, 3.8) is 0 Å². The number of non-ortho nitro benzene ring substituents is 1. The number of hydrogen-bond acceptors (Lipinski definition) is 11. The van der Waals surface area contributed by atoms with Crippen molar-refractivity contribution in [2.24, 2.45) is 0 Å². The summed E-state index contributed by atoms with van der Waals surface area (Å²) in [5.41, 5.74) is 14.1. The lowest BCUT2D eigenvalue weighted by Crippen LogP contribution is -2.32. The van der Waals surface area contributed by atoms with Gasteiger partial charge in [-0.1, -0.05) is 17.7 Å². The summed E-state index contributed by atoms with van der Waals surface area (Å²) in [5, 5.41) is 11.1. The molecule has 1 aromatic heterocycles. The Labute approximate surface area is 249 Å². The number of methoxy groups -OCH3 is 2. The van der Waals surface area contributed by atoms with Gasteiger partial charge < -0.3 is 25.7 Å². The molecular weight excluding hydrogens is 576 g/mol. The van der Waals surface area contributed by atoms with E-state index >= 15 is 0 Å². The second-order valence-electron chi connectivity index (χ2n) is 9.51. The summed E-state index contributed by atoms with van der Waals surface area (Å²) in [7, 11) is -0.993. The first-order chi connectivity index (χ1) is 20.5. The summed E-state index contributed by atoms with van der Waals surface area (Å²) in [5.74, 6) is 1.51. The molecule has 1 heterocycles. The second-order valence-corrected chi connectivity index (χ2v) is 11.4. The van der Waals surface area contributed by atoms with Crippen molar-refractivity contribution in [3.05, 3.63) is 93.7 Å². The van der Waals surface area contributed by atoms with E-state index in [0.29, 0.717) is 29.2 Å². The first kappa shape index (κ1) is 30.8. The van der Waals surface area contributed by atoms with Gasteiger partial charge in [0.05, 0.1) is 36.3 Å². The zero-order valence-corrected chi connectivity index (χ0v) is 24.7. The molecule has 0 aliphatic carbocycles. The summed E-state index contributed by atoms with van der Waals surface area (Å²) in [6, 6.07) is 15.4. The Hall–Kier alpha value is -5.11. The van der Waals surface area contributed by atoms with E-state index in [-0.39, 0.29) is 47.6 Å². The minimum Gasteiger partial charge on any atom is -0.493 e. The largest absolute Gasteiger partial charge is 0.493 e. The molecule has 0 unspecified atom stereocenters. The number of benzene rings is 3. The monoisotopic (exact) mass is 608 g/mol. The maximum Gasteiger partial charge on any atom is 0.269 e. The molecule has 226 valence electrons. The molecule has 0 aliphatic heterocycles. The highest BCUT2D eigenvalue weighted by Gasteiger charge is 2.25. The van der Waals surface area contributed by atoms with Gasteiger partial charge in [-0.25, -0.2) is 13.4 Å². The lowest BCUT2D eigenvalue weighted by Gasteiger charge is -2.25. The molecule has 0 saturated carbocycles. The van der Waals surface area contributed by atoms with Gasteiger partial charge in [-0.15, -0.1) is 0 Å². The van der Waals surface area contributed by atoms with Crippen molar-refractivity contribution in [3.8, 4) is 17.2 Å². The van der Waals surface area contributed by atoms with Crippen LogP contribution in [-0.2, 0) is 16.4 Å². The summed E-state index contributed by atoms with van der Waals surface area (Å²) in [6.07, 6.45) is 2.22. The van der Waals surface area contributed by atoms with Gasteiger partial charge in [0.15, 0.2) is 11.5 Å². The smallest absolute Gasteiger partial charge is 0.269 e. The molecule has 3 aromatic carbocycles. The van der Waals surface area contributed by atoms with E-state index in [2.05, 4.69) is 9.97 Å². The van der Waals surface area contributed by atoms with E-state index in [1.54, 1.807) is 30.5 Å². The van der Waals surface area contributed by atoms with Crippen LogP contribution in [0.3, 0.4) is 0 Å². The summed E-state index contributed by atoms with van der Waals surface area (Å²) in [6.45, 7) is 2.00. The average Bonchev–Trinajstić information content (AvgIpc) is 2.98. The summed E-state index contributed by atoms with van der Waals surface area (Å²) >= 11 is 0. The molecule has 0 bridgehead atoms. The number of aromatic nitrogens is 2. The highest BCUT2D eigenvalue weighted by atomic mass is 32.2. The van der Waals surface area contributed by atoms with E-state index < -0.39 is 14.9 Å². The van der Waals surface area contributed by atoms with Crippen LogP contribution in [0.5, 0.6) is 17.2 Å². The Morgan fingerprint density at radius 1 is 0.977 bits per heavy atom. The standard InChI is InChI=1S/C29H32N6O7S/c1-19-5-11-24(12-6-19)43(38,39)34(22-7-9-23(10-8-22)35(36)37)13-4-14-42-27-25(40-2)16-20(17-26(27)41-3)15-21-18-32-29(31)33-28(21)30/h5-12,16-18H,4,13-15H2,1-3H3,(H4,30,31,32,33). The van der Waals surface area contributed by atoms with Gasteiger partial charge in [-0.2, -0.15) is 4.98 Å². The highest BCUT2D eigenvalue weighted by molar-refractivity contribution is 7.92. The van der Waals surface area contributed by atoms with Crippen molar-refractivity contribution in [1.82, 2.24) is 9.97 Å². The molecule has 0 atom stereocenters. The van der Waals surface area contributed by atoms with Crippen molar-refractivity contribution in [1.29, 1.82) is 0 Å². The fourth-order valence-corrected chi connectivity index (χ4v) is 5.82. The highest BCUT2D eigenvalue weighted by Crippen LogP contribution is 2.39. The van der Waals surface area contributed by atoms with Crippen LogP contribution >= 0.6 is 0 Å². The molecule has 0 spiro atoms. The number of aryl methyl sites for hydroxylation is 1. The predicted molar refractivity (Wildman–Crippen MR) is 162 cm³/mol. The van der Waals surface area contributed by atoms with Gasteiger partial charge >= 0.3 is 0 Å². The molecule has 0 amide bonds. The van der Waals surface area contributed by atoms with Crippen molar-refractivity contribution in [2.75, 3.05) is 43.1 Å². The number of ether oxygens (including phenoxy) is 3. The third-order valence-electron chi connectivity index (χ3n) is 6.54. The van der Waals surface area contributed by atoms with E-state index in [0.717, 1.165) is 11.1 Å². The number of nitrogens with two attached hydrogens (primary N) is 2. The maximum atomic E-state index is 13.6. The number of nitro benzene ring substituents is 1. The number of rotatable bonds is 13. The Kier molecular flexibility index (Phi) is 9.50. The Balaban J connectivity index is 1.54. The number of anilines is 3. The van der Waals surface area contributed by atoms with Crippen molar-refractivity contribution < 1.29 is 27.6 Å². The second kappa shape index (κ2) is 13.2. The average molecular weight is 609 g/mol. The normalized spacial score (nSPS) is 11.1. The fourth-order valence-electron chi connectivity index (χ4n) is 4.32. The van der Waals surface area contributed by atoms with Crippen LogP contribution in [-0.4, -0.2) is 50.7 Å². The number of nitrogens with zero attached hydrogens (tertiary/aromatic N) is 4. The number of nitrogen functional groups attached to an aromatic ring is 2. The molecule has 0 saturated heterocycles. The van der Waals surface area contributed by atoms with Gasteiger partial charge in [0.25, 0.3) is 15.7 Å². The quantitative estimate of drug-likeness (QED) is 0.126. The molecule has 0 radical (unpaired) electrons. The van der Waals surface area contributed by atoms with E-state index in [1.165, 1.54) is 54.9 Å². The van der Waals surface area contributed by atoms with Gasteiger partial charge in [0.2, 0.25) is 11.7 Å². The van der Waals surface area contributed by atoms with Crippen molar-refractivity contribution in [2.45, 2.75) is 24.7 Å². The molecule has 4 rings (SSSR count). The van der Waals surface area contributed by atoms with Crippen LogP contribution in [0, 0.1) is 17.0 Å². The molecule has 0 aliphatic rings. The van der Waals surface area contributed by atoms with Gasteiger partial charge in [-0.3, -0.25) is 14.4 Å². The Morgan fingerprint density at radius 2 is 1.60 bits per heavy atom. The molecular formula is C29H32N6O7S. The first-order valence-corrected chi connectivity index (χ1v) is 14.6. The van der Waals surface area contributed by atoms with Crippen LogP contribution in [0.15, 0.2) is 71.8 Å². The van der Waals surface area contributed by atoms with Crippen LogP contribution in [0.4, 0.5) is 23.1 Å². The third-order valence-corrected chi connectivity index (χ3v) is 8.38. The van der Waals surface area contributed by atoms with E-state index in [9.17, 15) is 18.5 Å². The molecule has 13 nitrogen and oxygen atoms in total. The molecule has 4 N–H and O–H groups in total. The number of hydrogen-bond donors (Lipinski definition) is 2. The fraction of sp³-hybridized carbons (Fsp3) is 0.241. The van der Waals surface area contributed by atoms with Crippen LogP contribution in [0.1, 0.15) is 23.1 Å². The third kappa shape index (κ3) is 7.22.